The van der Waals surface area contributed by atoms with E-state index in [0.29, 0.717) is 11.0 Å². The number of aryl methyl sites for hydroxylation is 1. The molecular weight excluding hydrogens is 194 g/mol. The number of aromatic nitrogens is 2. The molecule has 0 aliphatic rings. The van der Waals surface area contributed by atoms with Gasteiger partial charge in [-0.3, -0.25) is 4.68 Å². The van der Waals surface area contributed by atoms with E-state index in [2.05, 4.69) is 27.1 Å². The molecular formula is C6H6BrN3. The lowest BCUT2D eigenvalue weighted by Gasteiger charge is -1.90. The smallest absolute Gasteiger partial charge is 0.142 e. The summed E-state index contributed by atoms with van der Waals surface area (Å²) in [6.45, 7) is 0. The van der Waals surface area contributed by atoms with E-state index in [1.54, 1.807) is 17.9 Å². The molecule has 0 aromatic carbocycles. The molecule has 0 radical (unpaired) electrons. The van der Waals surface area contributed by atoms with Crippen molar-refractivity contribution in [3.63, 3.8) is 0 Å². The first-order valence-electron chi connectivity index (χ1n) is 2.76. The molecule has 10 heavy (non-hydrogen) atoms. The summed E-state index contributed by atoms with van der Waals surface area (Å²) in [5.74, 6) is 0. The van der Waals surface area contributed by atoms with Crippen LogP contribution in [-0.2, 0) is 12.4 Å². The van der Waals surface area contributed by atoms with Crippen LogP contribution in [0, 0.1) is 11.3 Å². The van der Waals surface area contributed by atoms with Crippen molar-refractivity contribution in [1.29, 1.82) is 5.26 Å². The first kappa shape index (κ1) is 7.29. The molecule has 0 N–H and O–H groups in total. The van der Waals surface area contributed by atoms with Gasteiger partial charge < -0.3 is 0 Å². The SMILES string of the molecule is Cn1ncc(CBr)c1C#N. The Morgan fingerprint density at radius 1 is 1.90 bits per heavy atom. The van der Waals surface area contributed by atoms with Gasteiger partial charge in [0.2, 0.25) is 0 Å². The Balaban J connectivity index is 3.17. The first-order valence-corrected chi connectivity index (χ1v) is 3.88. The molecule has 0 bridgehead atoms. The molecule has 1 rings (SSSR count). The second-order valence-corrected chi connectivity index (χ2v) is 2.45. The van der Waals surface area contributed by atoms with Crippen LogP contribution in [0.5, 0.6) is 0 Å². The summed E-state index contributed by atoms with van der Waals surface area (Å²) in [4.78, 5) is 0. The van der Waals surface area contributed by atoms with E-state index in [4.69, 9.17) is 5.26 Å². The highest BCUT2D eigenvalue weighted by Gasteiger charge is 2.04. The second-order valence-electron chi connectivity index (χ2n) is 1.89. The van der Waals surface area contributed by atoms with Crippen LogP contribution >= 0.6 is 15.9 Å². The molecule has 0 unspecified atom stereocenters. The van der Waals surface area contributed by atoms with Gasteiger partial charge in [0.15, 0.2) is 0 Å². The van der Waals surface area contributed by atoms with Crippen LogP contribution in [0.25, 0.3) is 0 Å². The molecule has 0 atom stereocenters. The molecule has 1 heterocycles. The minimum atomic E-state index is 0.622. The third kappa shape index (κ3) is 1.05. The highest BCUT2D eigenvalue weighted by Crippen LogP contribution is 2.09. The van der Waals surface area contributed by atoms with Crippen LogP contribution in [0.1, 0.15) is 11.3 Å². The molecule has 52 valence electrons. The molecule has 0 amide bonds. The number of nitriles is 1. The fourth-order valence-electron chi connectivity index (χ4n) is 0.725. The third-order valence-electron chi connectivity index (χ3n) is 1.26. The van der Waals surface area contributed by atoms with Gasteiger partial charge in [-0.1, -0.05) is 15.9 Å². The number of hydrogen-bond acceptors (Lipinski definition) is 2. The van der Waals surface area contributed by atoms with Gasteiger partial charge in [0.25, 0.3) is 0 Å². The normalized spacial score (nSPS) is 9.30. The van der Waals surface area contributed by atoms with E-state index in [-0.39, 0.29) is 0 Å². The Kier molecular flexibility index (Phi) is 2.07. The molecule has 0 fully saturated rings. The predicted molar refractivity (Wildman–Crippen MR) is 40.6 cm³/mol. The van der Waals surface area contributed by atoms with Crippen molar-refractivity contribution in [3.8, 4) is 6.07 Å². The number of rotatable bonds is 1. The quantitative estimate of drug-likeness (QED) is 0.638. The minimum absolute atomic E-state index is 0.622. The number of nitrogens with zero attached hydrogens (tertiary/aromatic N) is 3. The number of halogens is 1. The van der Waals surface area contributed by atoms with Gasteiger partial charge >= 0.3 is 0 Å². The topological polar surface area (TPSA) is 41.6 Å². The fraction of sp³-hybridized carbons (Fsp3) is 0.333. The lowest BCUT2D eigenvalue weighted by atomic mass is 10.3. The van der Waals surface area contributed by atoms with Crippen LogP contribution in [0.3, 0.4) is 0 Å². The standard InChI is InChI=1S/C6H6BrN3/c1-10-6(3-8)5(2-7)4-9-10/h4H,2H2,1H3. The minimum Gasteiger partial charge on any atom is -0.258 e. The molecule has 0 aliphatic carbocycles. The van der Waals surface area contributed by atoms with Gasteiger partial charge in [0.05, 0.1) is 6.20 Å². The Morgan fingerprint density at radius 3 is 3.00 bits per heavy atom. The maximum Gasteiger partial charge on any atom is 0.142 e. The summed E-state index contributed by atoms with van der Waals surface area (Å²) in [5.41, 5.74) is 1.56. The maximum atomic E-state index is 8.59. The summed E-state index contributed by atoms with van der Waals surface area (Å²) >= 11 is 3.26. The van der Waals surface area contributed by atoms with Crippen molar-refractivity contribution in [3.05, 3.63) is 17.5 Å². The van der Waals surface area contributed by atoms with Crippen LogP contribution in [0.15, 0.2) is 6.20 Å². The van der Waals surface area contributed by atoms with Crippen molar-refractivity contribution in [2.45, 2.75) is 5.33 Å². The van der Waals surface area contributed by atoms with Crippen molar-refractivity contribution in [2.24, 2.45) is 7.05 Å². The number of alkyl halides is 1. The summed E-state index contributed by atoms with van der Waals surface area (Å²) in [7, 11) is 1.75. The van der Waals surface area contributed by atoms with Gasteiger partial charge in [-0.05, 0) is 0 Å². The zero-order valence-corrected chi connectivity index (χ0v) is 7.09. The number of hydrogen-bond donors (Lipinski definition) is 0. The molecule has 0 saturated carbocycles. The first-order chi connectivity index (χ1) is 4.79. The van der Waals surface area contributed by atoms with Crippen molar-refractivity contribution in [2.75, 3.05) is 0 Å². The van der Waals surface area contributed by atoms with E-state index >= 15 is 0 Å². The average Bonchev–Trinajstić information content (AvgIpc) is 2.30. The van der Waals surface area contributed by atoms with E-state index in [1.165, 1.54) is 0 Å². The van der Waals surface area contributed by atoms with Gasteiger partial charge in [0, 0.05) is 17.9 Å². The molecule has 0 aliphatic heterocycles. The summed E-state index contributed by atoms with van der Waals surface area (Å²) in [6.07, 6.45) is 1.69. The van der Waals surface area contributed by atoms with Crippen LogP contribution in [0.4, 0.5) is 0 Å². The molecule has 1 aromatic heterocycles. The largest absolute Gasteiger partial charge is 0.258 e. The summed E-state index contributed by atoms with van der Waals surface area (Å²) in [6, 6.07) is 2.07. The maximum absolute atomic E-state index is 8.59. The van der Waals surface area contributed by atoms with E-state index in [0.717, 1.165) is 5.56 Å². The summed E-state index contributed by atoms with van der Waals surface area (Å²) in [5, 5.41) is 13.2. The molecule has 0 spiro atoms. The molecule has 4 heteroatoms. The molecule has 1 aromatic rings. The Bertz CT molecular complexity index is 271. The van der Waals surface area contributed by atoms with Gasteiger partial charge in [-0.2, -0.15) is 10.4 Å². The summed E-state index contributed by atoms with van der Waals surface area (Å²) < 4.78 is 1.57. The lowest BCUT2D eigenvalue weighted by molar-refractivity contribution is 0.755. The van der Waals surface area contributed by atoms with Crippen molar-refractivity contribution >= 4 is 15.9 Å². The van der Waals surface area contributed by atoms with Crippen LogP contribution < -0.4 is 0 Å². The predicted octanol–water partition coefficient (Wildman–Crippen LogP) is 1.19. The van der Waals surface area contributed by atoms with Crippen LogP contribution in [-0.4, -0.2) is 9.78 Å². The molecule has 0 saturated heterocycles. The van der Waals surface area contributed by atoms with Gasteiger partial charge in [-0.25, -0.2) is 0 Å². The lowest BCUT2D eigenvalue weighted by Crippen LogP contribution is -1.94. The average molecular weight is 200 g/mol. The second kappa shape index (κ2) is 2.84. The fourth-order valence-corrected chi connectivity index (χ4v) is 1.14. The zero-order chi connectivity index (χ0) is 7.56. The van der Waals surface area contributed by atoms with E-state index in [9.17, 15) is 0 Å². The third-order valence-corrected chi connectivity index (χ3v) is 1.87. The zero-order valence-electron chi connectivity index (χ0n) is 5.50. The van der Waals surface area contributed by atoms with E-state index in [1.807, 2.05) is 0 Å². The Hall–Kier alpha value is -0.820. The highest BCUT2D eigenvalue weighted by atomic mass is 79.9. The van der Waals surface area contributed by atoms with Crippen LogP contribution in [0.2, 0.25) is 0 Å². The monoisotopic (exact) mass is 199 g/mol. The van der Waals surface area contributed by atoms with E-state index < -0.39 is 0 Å². The highest BCUT2D eigenvalue weighted by molar-refractivity contribution is 9.08. The van der Waals surface area contributed by atoms with Gasteiger partial charge in [-0.15, -0.1) is 0 Å². The molecule has 3 nitrogen and oxygen atoms in total. The Labute approximate surface area is 67.4 Å². The Morgan fingerprint density at radius 2 is 2.60 bits per heavy atom. The van der Waals surface area contributed by atoms with Gasteiger partial charge in [0.1, 0.15) is 11.8 Å². The van der Waals surface area contributed by atoms with Crippen molar-refractivity contribution < 1.29 is 0 Å². The van der Waals surface area contributed by atoms with Crippen molar-refractivity contribution in [1.82, 2.24) is 9.78 Å².